The topological polar surface area (TPSA) is 66.9 Å². The lowest BCUT2D eigenvalue weighted by molar-refractivity contribution is -0.118. The Kier molecular flexibility index (Phi) is 6.60. The minimum atomic E-state index is -0.283. The van der Waals surface area contributed by atoms with Crippen LogP contribution in [-0.2, 0) is 11.3 Å². The number of thioether (sulfide) groups is 1. The molecule has 8 heteroatoms. The van der Waals surface area contributed by atoms with Gasteiger partial charge in [0.2, 0.25) is 11.0 Å². The van der Waals surface area contributed by atoms with E-state index < -0.39 is 0 Å². The molecule has 0 aliphatic heterocycles. The number of nitrogens with zero attached hydrogens (tertiary/aromatic N) is 2. The van der Waals surface area contributed by atoms with Crippen LogP contribution in [0.4, 0.5) is 9.52 Å². The Balaban J connectivity index is 1.71. The van der Waals surface area contributed by atoms with Crippen molar-refractivity contribution in [2.75, 3.05) is 17.6 Å². The van der Waals surface area contributed by atoms with Crippen molar-refractivity contribution in [3.05, 3.63) is 35.6 Å². The highest BCUT2D eigenvalue weighted by molar-refractivity contribution is 8.01. The van der Waals surface area contributed by atoms with Crippen molar-refractivity contribution in [2.24, 2.45) is 0 Å². The summed E-state index contributed by atoms with van der Waals surface area (Å²) in [5.74, 6) is -0.0918. The third-order valence-corrected chi connectivity index (χ3v) is 4.68. The smallest absolute Gasteiger partial charge is 0.230 e. The number of rotatable bonds is 8. The van der Waals surface area contributed by atoms with Gasteiger partial charge in [0.25, 0.3) is 0 Å². The highest BCUT2D eigenvalue weighted by Crippen LogP contribution is 2.25. The van der Waals surface area contributed by atoms with Crippen LogP contribution in [0.15, 0.2) is 28.6 Å². The summed E-state index contributed by atoms with van der Waals surface area (Å²) in [7, 11) is 0. The van der Waals surface area contributed by atoms with Crippen LogP contribution >= 0.6 is 23.1 Å². The van der Waals surface area contributed by atoms with Crippen molar-refractivity contribution in [3.8, 4) is 0 Å². The number of amides is 1. The van der Waals surface area contributed by atoms with E-state index in [1.165, 1.54) is 35.2 Å². The largest absolute Gasteiger partial charge is 0.360 e. The molecule has 0 atom stereocenters. The second kappa shape index (κ2) is 8.70. The molecule has 2 aromatic rings. The summed E-state index contributed by atoms with van der Waals surface area (Å²) in [6.07, 6.45) is 1.02. The van der Waals surface area contributed by atoms with Crippen molar-refractivity contribution < 1.29 is 9.18 Å². The van der Waals surface area contributed by atoms with Crippen LogP contribution in [0, 0.1) is 5.82 Å². The molecule has 2 N–H and O–H groups in total. The summed E-state index contributed by atoms with van der Waals surface area (Å²) in [4.78, 5) is 11.8. The number of hydrogen-bond acceptors (Lipinski definition) is 6. The second-order valence-electron chi connectivity index (χ2n) is 4.49. The molecule has 0 bridgehead atoms. The van der Waals surface area contributed by atoms with Crippen LogP contribution < -0.4 is 10.6 Å². The van der Waals surface area contributed by atoms with E-state index in [4.69, 9.17) is 0 Å². The van der Waals surface area contributed by atoms with Gasteiger partial charge < -0.3 is 10.6 Å². The Morgan fingerprint density at radius 2 is 2.09 bits per heavy atom. The average molecular weight is 340 g/mol. The van der Waals surface area contributed by atoms with Crippen LogP contribution in [0.3, 0.4) is 0 Å². The van der Waals surface area contributed by atoms with E-state index in [0.717, 1.165) is 28.0 Å². The summed E-state index contributed by atoms with van der Waals surface area (Å²) in [6.45, 7) is 3.33. The molecule has 0 saturated heterocycles. The third kappa shape index (κ3) is 5.61. The molecule has 0 spiro atoms. The van der Waals surface area contributed by atoms with Crippen molar-refractivity contribution >= 4 is 34.1 Å². The number of carbonyl (C=O) groups is 1. The number of benzene rings is 1. The standard InChI is InChI=1S/C14H17FN4OS2/c1-2-7-16-13-18-19-14(22-13)21-9-12(20)17-8-10-3-5-11(15)6-4-10/h3-6H,2,7-9H2,1H3,(H,16,18)(H,17,20). The van der Waals surface area contributed by atoms with E-state index >= 15 is 0 Å². The Bertz CT molecular complexity index is 603. The van der Waals surface area contributed by atoms with Gasteiger partial charge in [-0.3, -0.25) is 4.79 Å². The fraction of sp³-hybridized carbons (Fsp3) is 0.357. The molecular formula is C14H17FN4OS2. The zero-order valence-electron chi connectivity index (χ0n) is 12.1. The monoisotopic (exact) mass is 340 g/mol. The highest BCUT2D eigenvalue weighted by atomic mass is 32.2. The van der Waals surface area contributed by atoms with Crippen molar-refractivity contribution in [1.82, 2.24) is 15.5 Å². The van der Waals surface area contributed by atoms with Gasteiger partial charge >= 0.3 is 0 Å². The summed E-state index contributed by atoms with van der Waals surface area (Å²) in [6, 6.07) is 6.06. The Morgan fingerprint density at radius 1 is 1.32 bits per heavy atom. The first-order chi connectivity index (χ1) is 10.7. The first-order valence-corrected chi connectivity index (χ1v) is 8.69. The number of nitrogens with one attached hydrogen (secondary N) is 2. The van der Waals surface area contributed by atoms with E-state index in [1.54, 1.807) is 12.1 Å². The maximum absolute atomic E-state index is 12.8. The lowest BCUT2D eigenvalue weighted by Crippen LogP contribution is -2.24. The van der Waals surface area contributed by atoms with Gasteiger partial charge in [0.15, 0.2) is 4.34 Å². The van der Waals surface area contributed by atoms with Gasteiger partial charge in [0.05, 0.1) is 5.75 Å². The number of aromatic nitrogens is 2. The van der Waals surface area contributed by atoms with Crippen LogP contribution in [0.2, 0.25) is 0 Å². The molecule has 0 aliphatic carbocycles. The molecule has 0 unspecified atom stereocenters. The van der Waals surface area contributed by atoms with E-state index in [1.807, 2.05) is 0 Å². The van der Waals surface area contributed by atoms with Crippen molar-refractivity contribution in [1.29, 1.82) is 0 Å². The van der Waals surface area contributed by atoms with E-state index in [2.05, 4.69) is 27.8 Å². The van der Waals surface area contributed by atoms with Gasteiger partial charge in [0, 0.05) is 13.1 Å². The molecule has 0 radical (unpaired) electrons. The summed E-state index contributed by atoms with van der Waals surface area (Å²) in [5, 5.41) is 14.7. The summed E-state index contributed by atoms with van der Waals surface area (Å²) >= 11 is 2.79. The Labute approximate surface area is 136 Å². The SMILES string of the molecule is CCCNc1nnc(SCC(=O)NCc2ccc(F)cc2)s1. The van der Waals surface area contributed by atoms with Crippen molar-refractivity contribution in [2.45, 2.75) is 24.2 Å². The predicted octanol–water partition coefficient (Wildman–Crippen LogP) is 2.91. The highest BCUT2D eigenvalue weighted by Gasteiger charge is 2.07. The maximum Gasteiger partial charge on any atom is 0.230 e. The molecular weight excluding hydrogens is 323 g/mol. The molecule has 1 aromatic heterocycles. The zero-order valence-corrected chi connectivity index (χ0v) is 13.8. The predicted molar refractivity (Wildman–Crippen MR) is 87.7 cm³/mol. The lowest BCUT2D eigenvalue weighted by atomic mass is 10.2. The number of carbonyl (C=O) groups excluding carboxylic acids is 1. The third-order valence-electron chi connectivity index (χ3n) is 2.66. The van der Waals surface area contributed by atoms with Gasteiger partial charge in [-0.15, -0.1) is 10.2 Å². The fourth-order valence-corrected chi connectivity index (χ4v) is 3.16. The van der Waals surface area contributed by atoms with E-state index in [9.17, 15) is 9.18 Å². The van der Waals surface area contributed by atoms with E-state index in [0.29, 0.717) is 6.54 Å². The average Bonchev–Trinajstić information content (AvgIpc) is 2.98. The minimum Gasteiger partial charge on any atom is -0.360 e. The van der Waals surface area contributed by atoms with Crippen LogP contribution in [0.1, 0.15) is 18.9 Å². The van der Waals surface area contributed by atoms with Gasteiger partial charge in [-0.2, -0.15) is 0 Å². The Morgan fingerprint density at radius 3 is 2.82 bits per heavy atom. The van der Waals surface area contributed by atoms with Crippen LogP contribution in [-0.4, -0.2) is 28.4 Å². The normalized spacial score (nSPS) is 10.5. The molecule has 2 rings (SSSR count). The molecule has 1 amide bonds. The molecule has 118 valence electrons. The minimum absolute atomic E-state index is 0.0902. The zero-order chi connectivity index (χ0) is 15.8. The molecule has 0 fully saturated rings. The first kappa shape index (κ1) is 16.7. The second-order valence-corrected chi connectivity index (χ2v) is 6.69. The Hall–Kier alpha value is -1.67. The molecule has 0 saturated carbocycles. The molecule has 22 heavy (non-hydrogen) atoms. The van der Waals surface area contributed by atoms with Crippen LogP contribution in [0.25, 0.3) is 0 Å². The summed E-state index contributed by atoms with van der Waals surface area (Å²) < 4.78 is 13.5. The first-order valence-electron chi connectivity index (χ1n) is 6.88. The number of anilines is 1. The number of hydrogen-bond donors (Lipinski definition) is 2. The summed E-state index contributed by atoms with van der Waals surface area (Å²) in [5.41, 5.74) is 0.863. The molecule has 1 heterocycles. The van der Waals surface area contributed by atoms with E-state index in [-0.39, 0.29) is 17.5 Å². The van der Waals surface area contributed by atoms with Gasteiger partial charge in [-0.05, 0) is 24.1 Å². The molecule has 1 aromatic carbocycles. The number of halogens is 1. The van der Waals surface area contributed by atoms with Crippen molar-refractivity contribution in [3.63, 3.8) is 0 Å². The lowest BCUT2D eigenvalue weighted by Gasteiger charge is -2.04. The quantitative estimate of drug-likeness (QED) is 0.723. The fourth-order valence-electron chi connectivity index (χ4n) is 1.55. The van der Waals surface area contributed by atoms with Gasteiger partial charge in [-0.1, -0.05) is 42.2 Å². The maximum atomic E-state index is 12.8. The molecule has 5 nitrogen and oxygen atoms in total. The molecule has 0 aliphatic rings. The van der Waals surface area contributed by atoms with Crippen LogP contribution in [0.5, 0.6) is 0 Å². The van der Waals surface area contributed by atoms with Gasteiger partial charge in [0.1, 0.15) is 5.82 Å². The van der Waals surface area contributed by atoms with Gasteiger partial charge in [-0.25, -0.2) is 4.39 Å².